The number of rotatable bonds is 0. The Kier molecular flexibility index (Phi) is 2.19. The second kappa shape index (κ2) is 3.62. The van der Waals surface area contributed by atoms with Crippen molar-refractivity contribution in [3.63, 3.8) is 0 Å². The third-order valence-corrected chi connectivity index (χ3v) is 4.77. The molecule has 4 heterocycles. The zero-order valence-electron chi connectivity index (χ0n) is 10.3. The molecule has 4 rings (SSSR count). The van der Waals surface area contributed by atoms with E-state index in [0.717, 1.165) is 16.6 Å². The number of tetrazole rings is 1. The maximum atomic E-state index is 6.31. The van der Waals surface area contributed by atoms with Crippen molar-refractivity contribution in [3.05, 3.63) is 15.6 Å². The molecule has 0 radical (unpaired) electrons. The lowest BCUT2D eigenvalue weighted by molar-refractivity contribution is -0.0379. The predicted octanol–water partition coefficient (Wildman–Crippen LogP) is 2.24. The van der Waals surface area contributed by atoms with Gasteiger partial charge >= 0.3 is 0 Å². The molecule has 0 bridgehead atoms. The number of halogens is 1. The Morgan fingerprint density at radius 1 is 1.42 bits per heavy atom. The monoisotopic (exact) mass is 295 g/mol. The van der Waals surface area contributed by atoms with E-state index in [1.807, 2.05) is 0 Å². The first-order valence-corrected chi connectivity index (χ1v) is 7.06. The van der Waals surface area contributed by atoms with Crippen LogP contribution in [0.15, 0.2) is 0 Å². The van der Waals surface area contributed by atoms with Gasteiger partial charge in [0.2, 0.25) is 0 Å². The van der Waals surface area contributed by atoms with Crippen molar-refractivity contribution in [3.8, 4) is 0 Å². The second-order valence-corrected chi connectivity index (χ2v) is 6.64. The number of thiophene rings is 1. The third-order valence-electron chi connectivity index (χ3n) is 3.32. The van der Waals surface area contributed by atoms with E-state index in [-0.39, 0.29) is 5.60 Å². The minimum absolute atomic E-state index is 0.181. The molecule has 3 aromatic heterocycles. The average molecular weight is 296 g/mol. The van der Waals surface area contributed by atoms with Crippen LogP contribution in [0.3, 0.4) is 0 Å². The Morgan fingerprint density at radius 2 is 2.26 bits per heavy atom. The van der Waals surface area contributed by atoms with Gasteiger partial charge in [0, 0.05) is 11.3 Å². The molecule has 6 nitrogen and oxygen atoms in total. The maximum Gasteiger partial charge on any atom is 0.276 e. The molecular formula is C11H10ClN5OS. The van der Waals surface area contributed by atoms with Crippen molar-refractivity contribution < 1.29 is 4.74 Å². The van der Waals surface area contributed by atoms with Crippen LogP contribution in [0.2, 0.25) is 5.15 Å². The van der Waals surface area contributed by atoms with Crippen LogP contribution in [0.1, 0.15) is 24.3 Å². The number of ether oxygens (including phenoxy) is 1. The van der Waals surface area contributed by atoms with Gasteiger partial charge in [0.1, 0.15) is 9.98 Å². The van der Waals surface area contributed by atoms with E-state index in [1.54, 1.807) is 15.9 Å². The van der Waals surface area contributed by atoms with E-state index in [1.165, 1.54) is 10.4 Å². The van der Waals surface area contributed by atoms with Gasteiger partial charge in [-0.05, 0) is 29.8 Å². The molecule has 3 aromatic rings. The maximum absolute atomic E-state index is 6.31. The first kappa shape index (κ1) is 11.5. The zero-order chi connectivity index (χ0) is 13.2. The van der Waals surface area contributed by atoms with Gasteiger partial charge in [-0.15, -0.1) is 11.3 Å². The minimum Gasteiger partial charge on any atom is -0.370 e. The number of fused-ring (bicyclic) bond motifs is 5. The number of hydrogen-bond donors (Lipinski definition) is 0. The van der Waals surface area contributed by atoms with E-state index in [9.17, 15) is 0 Å². The molecule has 0 atom stereocenters. The highest BCUT2D eigenvalue weighted by molar-refractivity contribution is 7.19. The summed E-state index contributed by atoms with van der Waals surface area (Å²) >= 11 is 7.93. The summed E-state index contributed by atoms with van der Waals surface area (Å²) in [4.78, 5) is 6.37. The topological polar surface area (TPSA) is 65.2 Å². The first-order chi connectivity index (χ1) is 9.05. The first-order valence-electron chi connectivity index (χ1n) is 5.87. The van der Waals surface area contributed by atoms with Gasteiger partial charge in [-0.3, -0.25) is 0 Å². The molecule has 0 aliphatic carbocycles. The SMILES string of the molecule is CC1(C)Cc2c(sc3c2c(Cl)nc2nnnn23)CO1. The van der Waals surface area contributed by atoms with E-state index in [2.05, 4.69) is 34.4 Å². The Balaban J connectivity index is 2.11. The lowest BCUT2D eigenvalue weighted by atomic mass is 9.95. The van der Waals surface area contributed by atoms with Crippen molar-refractivity contribution in [1.82, 2.24) is 25.0 Å². The van der Waals surface area contributed by atoms with Gasteiger partial charge in [0.15, 0.2) is 0 Å². The summed E-state index contributed by atoms with van der Waals surface area (Å²) in [5, 5.41) is 12.9. The fraction of sp³-hybridized carbons (Fsp3) is 0.455. The van der Waals surface area contributed by atoms with E-state index >= 15 is 0 Å². The largest absolute Gasteiger partial charge is 0.370 e. The number of nitrogens with zero attached hydrogens (tertiary/aromatic N) is 5. The fourth-order valence-electron chi connectivity index (χ4n) is 2.43. The average Bonchev–Trinajstić information content (AvgIpc) is 2.91. The molecule has 98 valence electrons. The molecule has 0 aromatic carbocycles. The molecule has 8 heteroatoms. The lowest BCUT2D eigenvalue weighted by Gasteiger charge is -2.30. The molecule has 1 aliphatic heterocycles. The van der Waals surface area contributed by atoms with Crippen LogP contribution in [-0.2, 0) is 17.8 Å². The Labute approximate surface area is 117 Å². The highest BCUT2D eigenvalue weighted by Gasteiger charge is 2.31. The number of aromatic nitrogens is 5. The van der Waals surface area contributed by atoms with Crippen molar-refractivity contribution in [1.29, 1.82) is 0 Å². The van der Waals surface area contributed by atoms with Gasteiger partial charge < -0.3 is 4.74 Å². The quantitative estimate of drug-likeness (QED) is 0.595. The summed E-state index contributed by atoms with van der Waals surface area (Å²) in [5.41, 5.74) is 1.03. The summed E-state index contributed by atoms with van der Waals surface area (Å²) in [6.07, 6.45) is 0.817. The molecule has 0 N–H and O–H groups in total. The van der Waals surface area contributed by atoms with E-state index < -0.39 is 0 Å². The third kappa shape index (κ3) is 1.58. The Morgan fingerprint density at radius 3 is 3.11 bits per heavy atom. The van der Waals surface area contributed by atoms with E-state index in [4.69, 9.17) is 16.3 Å². The predicted molar refractivity (Wildman–Crippen MR) is 71.5 cm³/mol. The fourth-order valence-corrected chi connectivity index (χ4v) is 3.94. The summed E-state index contributed by atoms with van der Waals surface area (Å²) in [6, 6.07) is 0. The van der Waals surface area contributed by atoms with E-state index in [0.29, 0.717) is 17.5 Å². The standard InChI is InChI=1S/C11H10ClN5OS/c1-11(2)3-5-6(4-18-11)19-9-7(5)8(12)13-10-14-15-16-17(9)10/h3-4H2,1-2H3. The van der Waals surface area contributed by atoms with Crippen LogP contribution in [0.4, 0.5) is 0 Å². The van der Waals surface area contributed by atoms with Crippen LogP contribution >= 0.6 is 22.9 Å². The highest BCUT2D eigenvalue weighted by atomic mass is 35.5. The van der Waals surface area contributed by atoms with Gasteiger partial charge in [-0.2, -0.15) is 9.50 Å². The van der Waals surface area contributed by atoms with Crippen molar-refractivity contribution in [2.24, 2.45) is 0 Å². The lowest BCUT2D eigenvalue weighted by Crippen LogP contribution is -2.30. The van der Waals surface area contributed by atoms with Gasteiger partial charge in [0.25, 0.3) is 5.78 Å². The van der Waals surface area contributed by atoms with Crippen molar-refractivity contribution in [2.45, 2.75) is 32.5 Å². The molecule has 0 saturated heterocycles. The second-order valence-electron chi connectivity index (χ2n) is 5.20. The van der Waals surface area contributed by atoms with Gasteiger partial charge in [-0.25, -0.2) is 0 Å². The smallest absolute Gasteiger partial charge is 0.276 e. The molecule has 0 unspecified atom stereocenters. The van der Waals surface area contributed by atoms with Crippen molar-refractivity contribution >= 4 is 38.9 Å². The van der Waals surface area contributed by atoms with Crippen LogP contribution in [0.25, 0.3) is 16.0 Å². The zero-order valence-corrected chi connectivity index (χ0v) is 11.9. The summed E-state index contributed by atoms with van der Waals surface area (Å²) in [6.45, 7) is 4.76. The Hall–Kier alpha value is -1.31. The Bertz CT molecular complexity index is 808. The van der Waals surface area contributed by atoms with Crippen LogP contribution in [0.5, 0.6) is 0 Å². The van der Waals surface area contributed by atoms with Crippen molar-refractivity contribution in [2.75, 3.05) is 0 Å². The van der Waals surface area contributed by atoms with Crippen LogP contribution < -0.4 is 0 Å². The molecule has 0 saturated carbocycles. The summed E-state index contributed by atoms with van der Waals surface area (Å²) < 4.78 is 7.48. The normalized spacial score (nSPS) is 18.1. The molecule has 0 fully saturated rings. The molecular weight excluding hydrogens is 286 g/mol. The molecule has 1 aliphatic rings. The van der Waals surface area contributed by atoms with Gasteiger partial charge in [0.05, 0.1) is 17.6 Å². The summed E-state index contributed by atoms with van der Waals surface area (Å²) in [5.74, 6) is 0.427. The highest BCUT2D eigenvalue weighted by Crippen LogP contribution is 2.41. The molecule has 0 amide bonds. The number of hydrogen-bond acceptors (Lipinski definition) is 6. The van der Waals surface area contributed by atoms with Crippen LogP contribution in [-0.4, -0.2) is 30.6 Å². The molecule has 19 heavy (non-hydrogen) atoms. The van der Waals surface area contributed by atoms with Crippen LogP contribution in [0, 0.1) is 0 Å². The molecule has 0 spiro atoms. The summed E-state index contributed by atoms with van der Waals surface area (Å²) in [7, 11) is 0. The van der Waals surface area contributed by atoms with Gasteiger partial charge in [-0.1, -0.05) is 16.7 Å². The minimum atomic E-state index is -0.181.